The van der Waals surface area contributed by atoms with E-state index in [0.717, 1.165) is 20.8 Å². The second kappa shape index (κ2) is 5.78. The molecule has 3 rings (SSSR count). The molecule has 0 bridgehead atoms. The number of ketones is 1. The van der Waals surface area contributed by atoms with Gasteiger partial charge >= 0.3 is 0 Å². The number of hydrogen-bond donors (Lipinski definition) is 0. The summed E-state index contributed by atoms with van der Waals surface area (Å²) in [6, 6.07) is 17.7. The molecule has 3 heteroatoms. The van der Waals surface area contributed by atoms with Crippen LogP contribution in [-0.4, -0.2) is 5.78 Å². The largest absolute Gasteiger partial charge is 0.294 e. The average Bonchev–Trinajstić information content (AvgIpc) is 2.49. The lowest BCUT2D eigenvalue weighted by atomic mass is 10.00. The highest BCUT2D eigenvalue weighted by atomic mass is 79.9. The molecule has 0 amide bonds. The lowest BCUT2D eigenvalue weighted by molar-refractivity contribution is 0.0993. The Hall–Kier alpha value is -2.00. The molecule has 0 saturated carbocycles. The van der Waals surface area contributed by atoms with Crippen LogP contribution in [0.15, 0.2) is 65.1 Å². The third-order valence-corrected chi connectivity index (χ3v) is 3.90. The minimum absolute atomic E-state index is 0.0337. The van der Waals surface area contributed by atoms with E-state index < -0.39 is 0 Å². The number of carbonyl (C=O) groups is 1. The maximum absolute atomic E-state index is 12.9. The fraction of sp³-hybridized carbons (Fsp3) is 0.0556. The first-order valence-corrected chi connectivity index (χ1v) is 7.38. The van der Waals surface area contributed by atoms with Crippen LogP contribution in [0.3, 0.4) is 0 Å². The smallest absolute Gasteiger partial charge is 0.167 e. The summed E-state index contributed by atoms with van der Waals surface area (Å²) in [6.45, 7) is 0. The molecule has 3 aromatic rings. The molecule has 0 fully saturated rings. The predicted molar refractivity (Wildman–Crippen MR) is 86.1 cm³/mol. The number of halogens is 2. The van der Waals surface area contributed by atoms with Crippen LogP contribution < -0.4 is 0 Å². The zero-order chi connectivity index (χ0) is 14.8. The summed E-state index contributed by atoms with van der Waals surface area (Å²) < 4.78 is 13.9. The summed E-state index contributed by atoms with van der Waals surface area (Å²) in [7, 11) is 0. The summed E-state index contributed by atoms with van der Waals surface area (Å²) in [4.78, 5) is 12.3. The molecule has 0 radical (unpaired) electrons. The SMILES string of the molecule is O=C(Cc1ccc(F)cc1)c1ccc2cc(Br)ccc2c1. The van der Waals surface area contributed by atoms with E-state index >= 15 is 0 Å². The van der Waals surface area contributed by atoms with Crippen molar-refractivity contribution in [1.29, 1.82) is 0 Å². The Morgan fingerprint density at radius 3 is 2.33 bits per heavy atom. The van der Waals surface area contributed by atoms with Crippen molar-refractivity contribution in [2.75, 3.05) is 0 Å². The Kier molecular flexibility index (Phi) is 3.84. The summed E-state index contributed by atoms with van der Waals surface area (Å²) in [5.74, 6) is -0.256. The van der Waals surface area contributed by atoms with Gasteiger partial charge in [-0.3, -0.25) is 4.79 Å². The van der Waals surface area contributed by atoms with Crippen molar-refractivity contribution in [3.8, 4) is 0 Å². The van der Waals surface area contributed by atoms with Crippen LogP contribution in [0.4, 0.5) is 4.39 Å². The summed E-state index contributed by atoms with van der Waals surface area (Å²) in [5.41, 5.74) is 1.49. The van der Waals surface area contributed by atoms with E-state index in [1.54, 1.807) is 12.1 Å². The van der Waals surface area contributed by atoms with Crippen molar-refractivity contribution in [2.24, 2.45) is 0 Å². The topological polar surface area (TPSA) is 17.1 Å². The van der Waals surface area contributed by atoms with Gasteiger partial charge in [0.05, 0.1) is 0 Å². The monoisotopic (exact) mass is 342 g/mol. The zero-order valence-electron chi connectivity index (χ0n) is 11.1. The lowest BCUT2D eigenvalue weighted by Gasteiger charge is -2.04. The van der Waals surface area contributed by atoms with E-state index in [-0.39, 0.29) is 18.0 Å². The molecule has 0 unspecified atom stereocenters. The minimum atomic E-state index is -0.289. The summed E-state index contributed by atoms with van der Waals surface area (Å²) >= 11 is 3.43. The highest BCUT2D eigenvalue weighted by Gasteiger charge is 2.08. The number of carbonyl (C=O) groups excluding carboxylic acids is 1. The zero-order valence-corrected chi connectivity index (χ0v) is 12.7. The van der Waals surface area contributed by atoms with Gasteiger partial charge in [-0.2, -0.15) is 0 Å². The van der Waals surface area contributed by atoms with Crippen molar-refractivity contribution in [3.05, 3.63) is 82.1 Å². The molecule has 21 heavy (non-hydrogen) atoms. The molecular weight excluding hydrogens is 331 g/mol. The standard InChI is InChI=1S/C18H12BrFO/c19-16-6-5-13-10-15(4-3-14(13)11-16)18(21)9-12-1-7-17(20)8-2-12/h1-8,10-11H,9H2. The van der Waals surface area contributed by atoms with Gasteiger partial charge in [-0.1, -0.05) is 46.3 Å². The van der Waals surface area contributed by atoms with Crippen molar-refractivity contribution in [1.82, 2.24) is 0 Å². The Balaban J connectivity index is 1.87. The third kappa shape index (κ3) is 3.19. The van der Waals surface area contributed by atoms with Gasteiger partial charge in [-0.25, -0.2) is 4.39 Å². The number of rotatable bonds is 3. The Morgan fingerprint density at radius 1 is 0.905 bits per heavy atom. The van der Waals surface area contributed by atoms with Gasteiger partial charge in [0.2, 0.25) is 0 Å². The first kappa shape index (κ1) is 14.0. The second-order valence-corrected chi connectivity index (χ2v) is 5.85. The molecule has 3 aromatic carbocycles. The van der Waals surface area contributed by atoms with Gasteiger partial charge in [0.15, 0.2) is 5.78 Å². The first-order valence-electron chi connectivity index (χ1n) is 6.59. The van der Waals surface area contributed by atoms with Gasteiger partial charge in [0, 0.05) is 16.5 Å². The second-order valence-electron chi connectivity index (χ2n) is 4.93. The van der Waals surface area contributed by atoms with Crippen LogP contribution in [0.1, 0.15) is 15.9 Å². The molecule has 1 nitrogen and oxygen atoms in total. The van der Waals surface area contributed by atoms with E-state index in [0.29, 0.717) is 5.56 Å². The van der Waals surface area contributed by atoms with Crippen LogP contribution in [-0.2, 0) is 6.42 Å². The van der Waals surface area contributed by atoms with Gasteiger partial charge < -0.3 is 0 Å². The fourth-order valence-corrected chi connectivity index (χ4v) is 2.66. The number of fused-ring (bicyclic) bond motifs is 1. The van der Waals surface area contributed by atoms with Gasteiger partial charge in [-0.15, -0.1) is 0 Å². The molecule has 0 spiro atoms. The van der Waals surface area contributed by atoms with Crippen molar-refractivity contribution in [3.63, 3.8) is 0 Å². The molecule has 104 valence electrons. The van der Waals surface area contributed by atoms with E-state index in [1.807, 2.05) is 36.4 Å². The van der Waals surface area contributed by atoms with E-state index in [4.69, 9.17) is 0 Å². The third-order valence-electron chi connectivity index (χ3n) is 3.40. The highest BCUT2D eigenvalue weighted by molar-refractivity contribution is 9.10. The van der Waals surface area contributed by atoms with Crippen LogP contribution in [0.25, 0.3) is 10.8 Å². The van der Waals surface area contributed by atoms with Gasteiger partial charge in [0.25, 0.3) is 0 Å². The van der Waals surface area contributed by atoms with E-state index in [2.05, 4.69) is 15.9 Å². The molecule has 0 aliphatic rings. The van der Waals surface area contributed by atoms with Crippen LogP contribution in [0, 0.1) is 5.82 Å². The Morgan fingerprint density at radius 2 is 1.57 bits per heavy atom. The van der Waals surface area contributed by atoms with Gasteiger partial charge in [-0.05, 0) is 46.7 Å². The molecular formula is C18H12BrFO. The Labute approximate surface area is 130 Å². The fourth-order valence-electron chi connectivity index (χ4n) is 2.28. The molecule has 0 aromatic heterocycles. The van der Waals surface area contributed by atoms with Crippen LogP contribution in [0.2, 0.25) is 0 Å². The molecule has 0 aliphatic heterocycles. The van der Waals surface area contributed by atoms with Crippen LogP contribution in [0.5, 0.6) is 0 Å². The predicted octanol–water partition coefficient (Wildman–Crippen LogP) is 5.17. The van der Waals surface area contributed by atoms with Crippen LogP contribution >= 0.6 is 15.9 Å². The molecule has 0 aliphatic carbocycles. The van der Waals surface area contributed by atoms with Gasteiger partial charge in [0.1, 0.15) is 5.82 Å². The summed E-state index contributed by atoms with van der Waals surface area (Å²) in [6.07, 6.45) is 0.280. The number of Topliss-reactive ketones (excluding diaryl/α,β-unsaturated/α-hetero) is 1. The van der Waals surface area contributed by atoms with Crippen molar-refractivity contribution < 1.29 is 9.18 Å². The first-order chi connectivity index (χ1) is 10.1. The maximum atomic E-state index is 12.9. The highest BCUT2D eigenvalue weighted by Crippen LogP contribution is 2.21. The average molecular weight is 343 g/mol. The van der Waals surface area contributed by atoms with E-state index in [9.17, 15) is 9.18 Å². The molecule has 0 N–H and O–H groups in total. The molecule has 0 saturated heterocycles. The molecule has 0 atom stereocenters. The Bertz CT molecular complexity index is 809. The normalized spacial score (nSPS) is 10.8. The number of benzene rings is 3. The van der Waals surface area contributed by atoms with Crippen molar-refractivity contribution >= 4 is 32.5 Å². The lowest BCUT2D eigenvalue weighted by Crippen LogP contribution is -2.03. The van der Waals surface area contributed by atoms with Crippen molar-refractivity contribution in [2.45, 2.75) is 6.42 Å². The molecule has 0 heterocycles. The van der Waals surface area contributed by atoms with E-state index in [1.165, 1.54) is 12.1 Å². The quantitative estimate of drug-likeness (QED) is 0.600. The maximum Gasteiger partial charge on any atom is 0.167 e. The summed E-state index contributed by atoms with van der Waals surface area (Å²) in [5, 5.41) is 2.12. The minimum Gasteiger partial charge on any atom is -0.294 e. The number of hydrogen-bond acceptors (Lipinski definition) is 1.